The van der Waals surface area contributed by atoms with Crippen molar-refractivity contribution in [1.29, 1.82) is 0 Å². The van der Waals surface area contributed by atoms with Crippen LogP contribution in [-0.4, -0.2) is 9.03 Å². The third-order valence-corrected chi connectivity index (χ3v) is 22.6. The first-order valence-corrected chi connectivity index (χ1v) is 30.4. The van der Waals surface area contributed by atoms with Crippen molar-refractivity contribution in [2.75, 3.05) is 0 Å². The highest BCUT2D eigenvalue weighted by Gasteiger charge is 2.66. The average molecular weight is 1050 g/mol. The fourth-order valence-electron chi connectivity index (χ4n) is 19.8. The molecule has 8 aliphatic carbocycles. The maximum Gasteiger partial charge on any atom is 0.282 e. The van der Waals surface area contributed by atoms with Gasteiger partial charge in [-0.05, 0) is 229 Å². The van der Waals surface area contributed by atoms with Crippen LogP contribution in [0.5, 0.6) is 0 Å². The lowest BCUT2D eigenvalue weighted by Crippen LogP contribution is -2.41. The summed E-state index contributed by atoms with van der Waals surface area (Å²) >= 11 is 0. The van der Waals surface area contributed by atoms with Crippen LogP contribution in [0.25, 0.3) is 110 Å². The van der Waals surface area contributed by atoms with Crippen molar-refractivity contribution in [2.45, 2.75) is 87.9 Å². The SMILES string of the molecule is O=c1c2c3c(c4cc(-c5c(-c6ccccc6)cccc5-c5ccccc5)ccc4c2n2c4c(c5c(c6cc(-c7c(-c8ccccc8)cccc7-c7ccccc7)ccc64)C4CC6CC7CC5CC67C4)c(=O)n12)C1CC2CC(C1)CC3C2. The molecule has 7 unspecified atom stereocenters. The molecule has 7 atom stereocenters. The predicted molar refractivity (Wildman–Crippen MR) is 331 cm³/mol. The second kappa shape index (κ2) is 16.4. The fraction of sp³-hybridized carbons (Fsp3) is 0.247. The normalized spacial score (nSPS) is 25.4. The summed E-state index contributed by atoms with van der Waals surface area (Å²) in [6.45, 7) is 0. The van der Waals surface area contributed by atoms with E-state index in [9.17, 15) is 0 Å². The molecule has 0 radical (unpaired) electrons. The lowest BCUT2D eigenvalue weighted by molar-refractivity contribution is 0.00322. The number of nitrogens with zero attached hydrogens (tertiary/aromatic N) is 2. The lowest BCUT2D eigenvalue weighted by atomic mass is 9.56. The monoisotopic (exact) mass is 1040 g/mol. The Morgan fingerprint density at radius 1 is 0.321 bits per heavy atom. The van der Waals surface area contributed by atoms with E-state index >= 15 is 9.59 Å². The molecule has 0 aliphatic heterocycles. The van der Waals surface area contributed by atoms with Crippen molar-refractivity contribution in [3.05, 3.63) is 237 Å². The Bertz CT molecular complexity index is 4680. The minimum absolute atomic E-state index is 0.109. The minimum Gasteiger partial charge on any atom is -0.267 e. The molecule has 0 saturated heterocycles. The first kappa shape index (κ1) is 45.4. The molecule has 10 aromatic carbocycles. The molecule has 5 fully saturated rings. The summed E-state index contributed by atoms with van der Waals surface area (Å²) in [5, 5.41) is 6.34. The maximum atomic E-state index is 16.4. The fourth-order valence-corrected chi connectivity index (χ4v) is 19.8. The van der Waals surface area contributed by atoms with Gasteiger partial charge >= 0.3 is 0 Å². The Hall–Kier alpha value is -8.34. The molecule has 5 saturated carbocycles. The summed E-state index contributed by atoms with van der Waals surface area (Å²) in [5.41, 5.74) is 21.8. The summed E-state index contributed by atoms with van der Waals surface area (Å²) in [7, 11) is 0. The number of benzene rings is 10. The third-order valence-electron chi connectivity index (χ3n) is 22.6. The van der Waals surface area contributed by atoms with E-state index in [-0.39, 0.29) is 17.0 Å². The Morgan fingerprint density at radius 3 is 1.14 bits per heavy atom. The number of rotatable bonds is 6. The zero-order chi connectivity index (χ0) is 53.0. The number of fused-ring (bicyclic) bond motifs is 16. The van der Waals surface area contributed by atoms with Gasteiger partial charge in [-0.15, -0.1) is 0 Å². The first-order valence-electron chi connectivity index (χ1n) is 30.4. The molecule has 7 bridgehead atoms. The van der Waals surface area contributed by atoms with E-state index in [1.54, 1.807) is 4.52 Å². The van der Waals surface area contributed by atoms with Crippen LogP contribution in [-0.2, 0) is 0 Å². The van der Waals surface area contributed by atoms with Gasteiger partial charge in [-0.2, -0.15) is 4.52 Å². The highest BCUT2D eigenvalue weighted by Crippen LogP contribution is 2.77. The average Bonchev–Trinajstić information content (AvgIpc) is 2.10. The standard InChI is InChI=1S/C77H60N2O2/c80-75-71-69-52-34-43-31-44(35-52)33-51(32-43)67(69)63-38-49(65-57(45-15-5-1-6-16-45)23-13-24-58(65)46-17-7-2-8-18-46)27-29-61(63)73(71)78-74-62-30-28-50(66-59(47-19-9-3-10-20-47)25-14-26-60(66)48-21-11-4-12-22-48)39-64(62)68-53-36-55-40-56-37-54(42-77(55,56)41-53)70(68)72(74)76(81)79(75)78/h1-30,38-39,43-44,51-56H,31-37,40-42H2. The van der Waals surface area contributed by atoms with Crippen LogP contribution in [0, 0.1) is 29.1 Å². The molecule has 81 heavy (non-hydrogen) atoms. The van der Waals surface area contributed by atoms with Crippen molar-refractivity contribution < 1.29 is 0 Å². The van der Waals surface area contributed by atoms with Crippen molar-refractivity contribution in [2.24, 2.45) is 29.1 Å². The number of hydrogen-bond donors (Lipinski definition) is 0. The van der Waals surface area contributed by atoms with Crippen LogP contribution >= 0.6 is 0 Å². The lowest BCUT2D eigenvalue weighted by Gasteiger charge is -2.48. The summed E-state index contributed by atoms with van der Waals surface area (Å²) in [6, 6.07) is 71.6. The van der Waals surface area contributed by atoms with Gasteiger partial charge in [-0.25, -0.2) is 4.52 Å². The Kier molecular flexibility index (Phi) is 9.20. The number of hydrogen-bond acceptors (Lipinski definition) is 2. The summed E-state index contributed by atoms with van der Waals surface area (Å²) in [5.74, 6) is 4.09. The van der Waals surface area contributed by atoms with Gasteiger partial charge in [0.1, 0.15) is 0 Å². The molecular formula is C77H60N2O2. The van der Waals surface area contributed by atoms with Crippen LogP contribution in [0.2, 0.25) is 0 Å². The number of aromatic nitrogens is 2. The van der Waals surface area contributed by atoms with Crippen molar-refractivity contribution in [1.82, 2.24) is 9.03 Å². The molecule has 390 valence electrons. The topological polar surface area (TPSA) is 43.0 Å². The highest BCUT2D eigenvalue weighted by molar-refractivity contribution is 6.17. The molecule has 8 aliphatic rings. The van der Waals surface area contributed by atoms with Crippen molar-refractivity contribution >= 4 is 43.4 Å². The minimum atomic E-state index is -0.112. The largest absolute Gasteiger partial charge is 0.282 e. The molecular weight excluding hydrogens is 985 g/mol. The van der Waals surface area contributed by atoms with Gasteiger partial charge in [-0.3, -0.25) is 9.59 Å². The van der Waals surface area contributed by atoms with Gasteiger partial charge in [-0.1, -0.05) is 182 Å². The highest BCUT2D eigenvalue weighted by atomic mass is 16.2. The van der Waals surface area contributed by atoms with Gasteiger partial charge in [0.25, 0.3) is 11.1 Å². The van der Waals surface area contributed by atoms with Gasteiger partial charge in [0.2, 0.25) is 0 Å². The molecule has 2 heterocycles. The quantitative estimate of drug-likeness (QED) is 0.167. The molecule has 2 aromatic heterocycles. The van der Waals surface area contributed by atoms with Gasteiger partial charge in [0.15, 0.2) is 0 Å². The Balaban J connectivity index is 0.954. The van der Waals surface area contributed by atoms with Crippen LogP contribution in [0.15, 0.2) is 204 Å². The van der Waals surface area contributed by atoms with Crippen LogP contribution in [0.1, 0.15) is 110 Å². The first-order chi connectivity index (χ1) is 40.0. The zero-order valence-corrected chi connectivity index (χ0v) is 45.4. The summed E-state index contributed by atoms with van der Waals surface area (Å²) in [6.07, 6.45) is 11.9. The molecule has 4 heteroatoms. The van der Waals surface area contributed by atoms with E-state index < -0.39 is 0 Å². The van der Waals surface area contributed by atoms with E-state index in [2.05, 4.69) is 199 Å². The van der Waals surface area contributed by atoms with Gasteiger partial charge < -0.3 is 0 Å². The second-order valence-corrected chi connectivity index (χ2v) is 26.2. The molecule has 0 N–H and O–H groups in total. The molecule has 0 amide bonds. The Labute approximate surface area is 470 Å². The summed E-state index contributed by atoms with van der Waals surface area (Å²) in [4.78, 5) is 32.7. The van der Waals surface area contributed by atoms with E-state index in [1.807, 2.05) is 0 Å². The van der Waals surface area contributed by atoms with Crippen LogP contribution < -0.4 is 11.1 Å². The van der Waals surface area contributed by atoms with E-state index in [0.29, 0.717) is 35.0 Å². The zero-order valence-electron chi connectivity index (χ0n) is 45.4. The van der Waals surface area contributed by atoms with E-state index in [1.165, 1.54) is 138 Å². The maximum absolute atomic E-state index is 16.4. The third kappa shape index (κ3) is 6.05. The van der Waals surface area contributed by atoms with Gasteiger partial charge in [0.05, 0.1) is 21.8 Å². The Morgan fingerprint density at radius 2 is 0.704 bits per heavy atom. The second-order valence-electron chi connectivity index (χ2n) is 26.2. The summed E-state index contributed by atoms with van der Waals surface area (Å²) < 4.78 is 3.88. The van der Waals surface area contributed by atoms with E-state index in [4.69, 9.17) is 0 Å². The molecule has 20 rings (SSSR count). The van der Waals surface area contributed by atoms with Crippen LogP contribution in [0.4, 0.5) is 0 Å². The molecule has 12 aromatic rings. The smallest absolute Gasteiger partial charge is 0.267 e. The van der Waals surface area contributed by atoms with Crippen molar-refractivity contribution in [3.8, 4) is 66.8 Å². The predicted octanol–water partition coefficient (Wildman–Crippen LogP) is 18.6. The molecule has 1 spiro atoms. The van der Waals surface area contributed by atoms with Crippen molar-refractivity contribution in [3.63, 3.8) is 0 Å². The van der Waals surface area contributed by atoms with Crippen LogP contribution in [0.3, 0.4) is 0 Å². The molecule has 4 nitrogen and oxygen atoms in total. The van der Waals surface area contributed by atoms with E-state index in [0.717, 1.165) is 70.1 Å². The van der Waals surface area contributed by atoms with Gasteiger partial charge in [0, 0.05) is 10.8 Å².